The largest absolute Gasteiger partial charge is 0.369 e. The van der Waals surface area contributed by atoms with Gasteiger partial charge in [0.05, 0.1) is 24.8 Å². The van der Waals surface area contributed by atoms with Crippen LogP contribution in [-0.2, 0) is 11.3 Å². The molecule has 0 aromatic carbocycles. The number of imidazole rings is 1. The third-order valence-corrected chi connectivity index (χ3v) is 2.37. The molecule has 0 radical (unpaired) electrons. The number of nitrogens with two attached hydrogens (primary N) is 1. The molecule has 5 heteroatoms. The standard InChI is InChI=1S/C9H16N4O/c10-1-3-13-7-12-5-8(13)9-6-11-2-4-14-9/h5,7,9,11H,1-4,6,10H2. The highest BCUT2D eigenvalue weighted by molar-refractivity contribution is 5.04. The molecule has 2 rings (SSSR count). The fourth-order valence-corrected chi connectivity index (χ4v) is 1.68. The van der Waals surface area contributed by atoms with Crippen LogP contribution in [0.1, 0.15) is 11.8 Å². The van der Waals surface area contributed by atoms with Crippen LogP contribution >= 0.6 is 0 Å². The van der Waals surface area contributed by atoms with E-state index in [1.807, 2.05) is 6.20 Å². The van der Waals surface area contributed by atoms with Crippen molar-refractivity contribution in [1.29, 1.82) is 0 Å². The minimum atomic E-state index is 0.123. The normalized spacial score (nSPS) is 22.5. The first-order chi connectivity index (χ1) is 6.92. The predicted octanol–water partition coefficient (Wildman–Crippen LogP) is -0.497. The Kier molecular flexibility index (Phi) is 3.13. The Morgan fingerprint density at radius 2 is 2.64 bits per heavy atom. The predicted molar refractivity (Wildman–Crippen MR) is 52.8 cm³/mol. The number of nitrogens with one attached hydrogen (secondary N) is 1. The van der Waals surface area contributed by atoms with Gasteiger partial charge in [0.2, 0.25) is 0 Å². The molecule has 0 saturated carbocycles. The first kappa shape index (κ1) is 9.64. The van der Waals surface area contributed by atoms with Crippen LogP contribution in [0.25, 0.3) is 0 Å². The molecule has 1 saturated heterocycles. The Balaban J connectivity index is 2.09. The van der Waals surface area contributed by atoms with Crippen molar-refractivity contribution in [1.82, 2.24) is 14.9 Å². The molecule has 0 aliphatic carbocycles. The molecule has 2 heterocycles. The first-order valence-electron chi connectivity index (χ1n) is 4.94. The zero-order valence-electron chi connectivity index (χ0n) is 8.15. The lowest BCUT2D eigenvalue weighted by atomic mass is 10.2. The van der Waals surface area contributed by atoms with Gasteiger partial charge < -0.3 is 20.4 Å². The number of aromatic nitrogens is 2. The molecule has 5 nitrogen and oxygen atoms in total. The Morgan fingerprint density at radius 1 is 1.71 bits per heavy atom. The average Bonchev–Trinajstić information content (AvgIpc) is 2.68. The van der Waals surface area contributed by atoms with Crippen molar-refractivity contribution >= 4 is 0 Å². The molecule has 78 valence electrons. The highest BCUT2D eigenvalue weighted by atomic mass is 16.5. The number of ether oxygens (including phenoxy) is 1. The fourth-order valence-electron chi connectivity index (χ4n) is 1.68. The van der Waals surface area contributed by atoms with Crippen molar-refractivity contribution in [2.24, 2.45) is 5.73 Å². The molecule has 1 unspecified atom stereocenters. The van der Waals surface area contributed by atoms with Crippen molar-refractivity contribution < 1.29 is 4.74 Å². The van der Waals surface area contributed by atoms with Crippen LogP contribution < -0.4 is 11.1 Å². The highest BCUT2D eigenvalue weighted by Crippen LogP contribution is 2.17. The molecule has 1 fully saturated rings. The molecule has 0 spiro atoms. The van der Waals surface area contributed by atoms with Crippen LogP contribution in [-0.4, -0.2) is 35.8 Å². The summed E-state index contributed by atoms with van der Waals surface area (Å²) in [4.78, 5) is 4.12. The van der Waals surface area contributed by atoms with Crippen molar-refractivity contribution in [3.8, 4) is 0 Å². The quantitative estimate of drug-likeness (QED) is 0.684. The zero-order valence-corrected chi connectivity index (χ0v) is 8.15. The van der Waals surface area contributed by atoms with Gasteiger partial charge in [0.15, 0.2) is 0 Å². The summed E-state index contributed by atoms with van der Waals surface area (Å²) in [5.41, 5.74) is 6.63. The second-order valence-corrected chi connectivity index (χ2v) is 3.36. The molecule has 1 aliphatic heterocycles. The highest BCUT2D eigenvalue weighted by Gasteiger charge is 2.18. The molecule has 1 atom stereocenters. The summed E-state index contributed by atoms with van der Waals surface area (Å²) in [7, 11) is 0. The van der Waals surface area contributed by atoms with Gasteiger partial charge >= 0.3 is 0 Å². The zero-order chi connectivity index (χ0) is 9.80. The number of hydrogen-bond donors (Lipinski definition) is 2. The van der Waals surface area contributed by atoms with Crippen molar-refractivity contribution in [3.05, 3.63) is 18.2 Å². The van der Waals surface area contributed by atoms with E-state index >= 15 is 0 Å². The fraction of sp³-hybridized carbons (Fsp3) is 0.667. The summed E-state index contributed by atoms with van der Waals surface area (Å²) >= 11 is 0. The Morgan fingerprint density at radius 3 is 3.36 bits per heavy atom. The first-order valence-corrected chi connectivity index (χ1v) is 4.94. The number of morpholine rings is 1. The van der Waals surface area contributed by atoms with E-state index in [-0.39, 0.29) is 6.10 Å². The maximum atomic E-state index is 5.65. The van der Waals surface area contributed by atoms with E-state index < -0.39 is 0 Å². The van der Waals surface area contributed by atoms with Gasteiger partial charge in [-0.05, 0) is 0 Å². The molecule has 1 aromatic heterocycles. The van der Waals surface area contributed by atoms with Crippen molar-refractivity contribution in [2.45, 2.75) is 12.6 Å². The van der Waals surface area contributed by atoms with Gasteiger partial charge in [-0.15, -0.1) is 0 Å². The van der Waals surface area contributed by atoms with Crippen LogP contribution in [0.4, 0.5) is 0 Å². The second kappa shape index (κ2) is 4.54. The lowest BCUT2D eigenvalue weighted by Gasteiger charge is -2.24. The molecule has 1 aromatic rings. The minimum absolute atomic E-state index is 0.123. The van der Waals surface area contributed by atoms with Crippen molar-refractivity contribution in [2.75, 3.05) is 26.2 Å². The molecule has 0 bridgehead atoms. The molecular formula is C9H16N4O. The topological polar surface area (TPSA) is 65.1 Å². The van der Waals surface area contributed by atoms with Crippen LogP contribution in [0.15, 0.2) is 12.5 Å². The van der Waals surface area contributed by atoms with E-state index in [1.165, 1.54) is 0 Å². The smallest absolute Gasteiger partial charge is 0.111 e. The molecule has 1 aliphatic rings. The van der Waals surface area contributed by atoms with Crippen LogP contribution in [0.3, 0.4) is 0 Å². The van der Waals surface area contributed by atoms with E-state index in [9.17, 15) is 0 Å². The van der Waals surface area contributed by atoms with Crippen molar-refractivity contribution in [3.63, 3.8) is 0 Å². The Hall–Kier alpha value is -0.910. The van der Waals surface area contributed by atoms with Crippen LogP contribution in [0, 0.1) is 0 Å². The summed E-state index contributed by atoms with van der Waals surface area (Å²) in [6.45, 7) is 3.98. The Bertz CT molecular complexity index is 280. The summed E-state index contributed by atoms with van der Waals surface area (Å²) < 4.78 is 7.70. The summed E-state index contributed by atoms with van der Waals surface area (Å²) in [5.74, 6) is 0. The average molecular weight is 196 g/mol. The summed E-state index contributed by atoms with van der Waals surface area (Å²) in [5, 5.41) is 3.30. The van der Waals surface area contributed by atoms with Gasteiger partial charge in [-0.25, -0.2) is 4.98 Å². The van der Waals surface area contributed by atoms with E-state index in [4.69, 9.17) is 10.5 Å². The number of rotatable bonds is 3. The monoisotopic (exact) mass is 196 g/mol. The number of nitrogens with zero attached hydrogens (tertiary/aromatic N) is 2. The summed E-state index contributed by atoms with van der Waals surface area (Å²) in [6, 6.07) is 0. The maximum Gasteiger partial charge on any atom is 0.111 e. The molecule has 14 heavy (non-hydrogen) atoms. The van der Waals surface area contributed by atoms with Gasteiger partial charge in [0.1, 0.15) is 6.10 Å². The van der Waals surface area contributed by atoms with E-state index in [0.717, 1.165) is 31.9 Å². The third kappa shape index (κ3) is 1.95. The SMILES string of the molecule is NCCn1cncc1C1CNCCO1. The third-order valence-electron chi connectivity index (χ3n) is 2.37. The lowest BCUT2D eigenvalue weighted by molar-refractivity contribution is 0.0228. The van der Waals surface area contributed by atoms with Crippen LogP contribution in [0.5, 0.6) is 0 Å². The molecular weight excluding hydrogens is 180 g/mol. The lowest BCUT2D eigenvalue weighted by Crippen LogP contribution is -2.34. The van der Waals surface area contributed by atoms with Gasteiger partial charge in [-0.1, -0.05) is 0 Å². The number of hydrogen-bond acceptors (Lipinski definition) is 4. The van der Waals surface area contributed by atoms with Gasteiger partial charge in [-0.3, -0.25) is 0 Å². The summed E-state index contributed by atoms with van der Waals surface area (Å²) in [6.07, 6.45) is 3.78. The molecule has 3 N–H and O–H groups in total. The second-order valence-electron chi connectivity index (χ2n) is 3.36. The van der Waals surface area contributed by atoms with Gasteiger partial charge in [0, 0.05) is 26.2 Å². The van der Waals surface area contributed by atoms with Crippen LogP contribution in [0.2, 0.25) is 0 Å². The minimum Gasteiger partial charge on any atom is -0.369 e. The Labute approximate surface area is 83.3 Å². The van der Waals surface area contributed by atoms with Gasteiger partial charge in [-0.2, -0.15) is 0 Å². The van der Waals surface area contributed by atoms with E-state index in [1.54, 1.807) is 6.33 Å². The molecule has 0 amide bonds. The maximum absolute atomic E-state index is 5.65. The van der Waals surface area contributed by atoms with Gasteiger partial charge in [0.25, 0.3) is 0 Å². The van der Waals surface area contributed by atoms with E-state index in [2.05, 4.69) is 14.9 Å². The van der Waals surface area contributed by atoms with E-state index in [0.29, 0.717) is 6.54 Å².